The van der Waals surface area contributed by atoms with Crippen LogP contribution in [0.3, 0.4) is 0 Å². The second-order valence-electron chi connectivity index (χ2n) is 8.14. The Bertz CT molecular complexity index is 1280. The van der Waals surface area contributed by atoms with Gasteiger partial charge in [0.2, 0.25) is 5.91 Å². The summed E-state index contributed by atoms with van der Waals surface area (Å²) in [5, 5.41) is 7.29. The van der Waals surface area contributed by atoms with Crippen LogP contribution in [0.2, 0.25) is 0 Å². The van der Waals surface area contributed by atoms with Crippen molar-refractivity contribution in [1.29, 1.82) is 0 Å². The van der Waals surface area contributed by atoms with Crippen molar-refractivity contribution in [2.75, 3.05) is 36.4 Å². The lowest BCUT2D eigenvalue weighted by Crippen LogP contribution is -2.48. The molecule has 4 aromatic rings. The van der Waals surface area contributed by atoms with E-state index in [1.807, 2.05) is 60.5 Å². The van der Waals surface area contributed by atoms with Crippen molar-refractivity contribution in [2.24, 2.45) is 7.05 Å². The molecule has 33 heavy (non-hydrogen) atoms. The Balaban J connectivity index is 1.26. The number of benzene rings is 2. The molecule has 3 heterocycles. The number of para-hydroxylation sites is 2. The smallest absolute Gasteiger partial charge is 0.256 e. The molecule has 1 aliphatic heterocycles. The number of piperazine rings is 1. The first-order chi connectivity index (χ1) is 16.0. The van der Waals surface area contributed by atoms with Gasteiger partial charge in [0.1, 0.15) is 5.69 Å². The van der Waals surface area contributed by atoms with Crippen molar-refractivity contribution >= 4 is 34.4 Å². The molecule has 0 radical (unpaired) electrons. The van der Waals surface area contributed by atoms with E-state index in [-0.39, 0.29) is 11.8 Å². The SMILES string of the molecule is CC(=O)N1CCN(c2ccc(C(=O)Nc3cc(-c4nc5ccccc5[nH]4)n(C)n3)cc2)CC1. The first kappa shape index (κ1) is 20.7. The van der Waals surface area contributed by atoms with Crippen molar-refractivity contribution in [1.82, 2.24) is 24.6 Å². The molecule has 0 bridgehead atoms. The Hall–Kier alpha value is -4.14. The van der Waals surface area contributed by atoms with Crippen LogP contribution in [0.15, 0.2) is 54.6 Å². The average molecular weight is 444 g/mol. The van der Waals surface area contributed by atoms with Crippen molar-refractivity contribution in [3.05, 3.63) is 60.2 Å². The summed E-state index contributed by atoms with van der Waals surface area (Å²) in [4.78, 5) is 36.3. The number of amides is 2. The van der Waals surface area contributed by atoms with Gasteiger partial charge in [-0.2, -0.15) is 5.10 Å². The van der Waals surface area contributed by atoms with Crippen LogP contribution < -0.4 is 10.2 Å². The fourth-order valence-electron chi connectivity index (χ4n) is 4.12. The lowest BCUT2D eigenvalue weighted by atomic mass is 10.1. The van der Waals surface area contributed by atoms with Crippen LogP contribution in [0.1, 0.15) is 17.3 Å². The number of H-pyrrole nitrogens is 1. The molecule has 2 aromatic heterocycles. The predicted molar refractivity (Wildman–Crippen MR) is 127 cm³/mol. The monoisotopic (exact) mass is 443 g/mol. The van der Waals surface area contributed by atoms with E-state index in [2.05, 4.69) is 25.3 Å². The summed E-state index contributed by atoms with van der Waals surface area (Å²) in [5.41, 5.74) is 4.20. The first-order valence-electron chi connectivity index (χ1n) is 10.9. The molecule has 5 rings (SSSR count). The van der Waals surface area contributed by atoms with Crippen molar-refractivity contribution in [3.8, 4) is 11.5 Å². The van der Waals surface area contributed by atoms with Gasteiger partial charge in [0.15, 0.2) is 11.6 Å². The van der Waals surface area contributed by atoms with Crippen LogP contribution in [-0.4, -0.2) is 62.6 Å². The zero-order valence-corrected chi connectivity index (χ0v) is 18.6. The highest BCUT2D eigenvalue weighted by Crippen LogP contribution is 2.23. The molecule has 0 unspecified atom stereocenters. The maximum absolute atomic E-state index is 12.8. The molecule has 0 spiro atoms. The normalized spacial score (nSPS) is 14.0. The van der Waals surface area contributed by atoms with E-state index in [1.54, 1.807) is 17.7 Å². The number of imidazole rings is 1. The number of aromatic amines is 1. The number of nitrogens with zero attached hydrogens (tertiary/aromatic N) is 5. The number of rotatable bonds is 4. The highest BCUT2D eigenvalue weighted by molar-refractivity contribution is 6.04. The number of hydrogen-bond donors (Lipinski definition) is 2. The summed E-state index contributed by atoms with van der Waals surface area (Å²) >= 11 is 0. The third kappa shape index (κ3) is 4.17. The standard InChI is InChI=1S/C24H25N7O2/c1-16(32)30-11-13-31(14-12-30)18-9-7-17(8-10-18)24(33)27-22-15-21(29(2)28-22)23-25-19-5-3-4-6-20(19)26-23/h3-10,15H,11-14H2,1-2H3,(H,25,26)(H,27,28,33). The van der Waals surface area contributed by atoms with Crippen molar-refractivity contribution < 1.29 is 9.59 Å². The quantitative estimate of drug-likeness (QED) is 0.505. The van der Waals surface area contributed by atoms with Gasteiger partial charge in [-0.25, -0.2) is 4.98 Å². The van der Waals surface area contributed by atoms with E-state index >= 15 is 0 Å². The zero-order chi connectivity index (χ0) is 22.9. The van der Waals surface area contributed by atoms with Gasteiger partial charge in [0.05, 0.1) is 11.0 Å². The molecule has 1 aliphatic rings. The summed E-state index contributed by atoms with van der Waals surface area (Å²) in [6.45, 7) is 4.59. The third-order valence-corrected chi connectivity index (χ3v) is 5.97. The van der Waals surface area contributed by atoms with Gasteiger partial charge in [-0.1, -0.05) is 12.1 Å². The molecule has 1 fully saturated rings. The zero-order valence-electron chi connectivity index (χ0n) is 18.6. The molecule has 1 saturated heterocycles. The number of anilines is 2. The minimum absolute atomic E-state index is 0.111. The molecular weight excluding hydrogens is 418 g/mol. The summed E-state index contributed by atoms with van der Waals surface area (Å²) in [7, 11) is 1.82. The molecule has 2 amide bonds. The average Bonchev–Trinajstić information content (AvgIpc) is 3.42. The summed E-state index contributed by atoms with van der Waals surface area (Å²) in [6, 6.07) is 17.1. The number of carbonyl (C=O) groups excluding carboxylic acids is 2. The van der Waals surface area contributed by atoms with Crippen LogP contribution in [0.5, 0.6) is 0 Å². The van der Waals surface area contributed by atoms with Gasteiger partial charge in [-0.15, -0.1) is 0 Å². The Morgan fingerprint density at radius 1 is 1.00 bits per heavy atom. The van der Waals surface area contributed by atoms with Crippen molar-refractivity contribution in [2.45, 2.75) is 6.92 Å². The van der Waals surface area contributed by atoms with Crippen LogP contribution >= 0.6 is 0 Å². The van der Waals surface area contributed by atoms with Crippen molar-refractivity contribution in [3.63, 3.8) is 0 Å². The molecule has 168 valence electrons. The Morgan fingerprint density at radius 3 is 2.42 bits per heavy atom. The van der Waals surface area contributed by atoms with E-state index in [4.69, 9.17) is 0 Å². The Kier molecular flexibility index (Phi) is 5.29. The fraction of sp³-hybridized carbons (Fsp3) is 0.250. The molecule has 0 atom stereocenters. The molecular formula is C24H25N7O2. The van der Waals surface area contributed by atoms with E-state index in [0.29, 0.717) is 30.3 Å². The van der Waals surface area contributed by atoms with Gasteiger partial charge in [0, 0.05) is 57.5 Å². The van der Waals surface area contributed by atoms with Gasteiger partial charge in [-0.05, 0) is 36.4 Å². The topological polar surface area (TPSA) is 99.2 Å². The highest BCUT2D eigenvalue weighted by Gasteiger charge is 2.19. The lowest BCUT2D eigenvalue weighted by Gasteiger charge is -2.35. The minimum atomic E-state index is -0.225. The molecule has 2 N–H and O–H groups in total. The fourth-order valence-corrected chi connectivity index (χ4v) is 4.12. The van der Waals surface area contributed by atoms with E-state index < -0.39 is 0 Å². The number of aryl methyl sites for hydroxylation is 1. The first-order valence-corrected chi connectivity index (χ1v) is 10.9. The minimum Gasteiger partial charge on any atom is -0.368 e. The van der Waals surface area contributed by atoms with Crippen LogP contribution in [0.4, 0.5) is 11.5 Å². The van der Waals surface area contributed by atoms with Crippen LogP contribution in [-0.2, 0) is 11.8 Å². The van der Waals surface area contributed by atoms with E-state index in [1.165, 1.54) is 0 Å². The molecule has 9 heteroatoms. The maximum Gasteiger partial charge on any atom is 0.256 e. The van der Waals surface area contributed by atoms with Crippen LogP contribution in [0, 0.1) is 0 Å². The number of hydrogen-bond acceptors (Lipinski definition) is 5. The predicted octanol–water partition coefficient (Wildman–Crippen LogP) is 2.88. The molecule has 0 aliphatic carbocycles. The number of fused-ring (bicyclic) bond motifs is 1. The third-order valence-electron chi connectivity index (χ3n) is 5.97. The number of nitrogens with one attached hydrogen (secondary N) is 2. The number of carbonyl (C=O) groups is 2. The molecule has 2 aromatic carbocycles. The van der Waals surface area contributed by atoms with E-state index in [0.717, 1.165) is 35.5 Å². The maximum atomic E-state index is 12.8. The molecule has 9 nitrogen and oxygen atoms in total. The highest BCUT2D eigenvalue weighted by atomic mass is 16.2. The van der Waals surface area contributed by atoms with Gasteiger partial charge in [0.25, 0.3) is 5.91 Å². The Labute approximate surface area is 191 Å². The lowest BCUT2D eigenvalue weighted by molar-refractivity contribution is -0.129. The van der Waals surface area contributed by atoms with Crippen LogP contribution in [0.25, 0.3) is 22.6 Å². The summed E-state index contributed by atoms with van der Waals surface area (Å²) in [5.74, 6) is 1.04. The van der Waals surface area contributed by atoms with Gasteiger partial charge >= 0.3 is 0 Å². The van der Waals surface area contributed by atoms with Gasteiger partial charge in [-0.3, -0.25) is 14.3 Å². The largest absolute Gasteiger partial charge is 0.368 e. The Morgan fingerprint density at radius 2 is 1.73 bits per heavy atom. The second kappa shape index (κ2) is 8.42. The van der Waals surface area contributed by atoms with E-state index in [9.17, 15) is 9.59 Å². The van der Waals surface area contributed by atoms with Gasteiger partial charge < -0.3 is 20.1 Å². The summed E-state index contributed by atoms with van der Waals surface area (Å²) in [6.07, 6.45) is 0. The summed E-state index contributed by atoms with van der Waals surface area (Å²) < 4.78 is 1.69. The number of aromatic nitrogens is 4. The second-order valence-corrected chi connectivity index (χ2v) is 8.14. The molecule has 0 saturated carbocycles.